The largest absolute Gasteiger partial charge is 0.312 e. The van der Waals surface area contributed by atoms with Gasteiger partial charge in [-0.2, -0.15) is 0 Å². The number of hydrogen-bond donors (Lipinski definition) is 1. The molecule has 2 rings (SSSR count). The van der Waals surface area contributed by atoms with Crippen molar-refractivity contribution in [2.45, 2.75) is 50.5 Å². The normalized spacial score (nSPS) is 17.5. The van der Waals surface area contributed by atoms with E-state index in [2.05, 4.69) is 5.32 Å². The monoisotopic (exact) mass is 330 g/mol. The zero-order valence-electron chi connectivity index (χ0n) is 13.0. The van der Waals surface area contributed by atoms with Crippen molar-refractivity contribution in [2.75, 3.05) is 20.1 Å². The molecule has 1 aliphatic carbocycles. The third-order valence-electron chi connectivity index (χ3n) is 4.13. The van der Waals surface area contributed by atoms with Gasteiger partial charge in [0, 0.05) is 30.4 Å². The topological polar surface area (TPSA) is 49.4 Å². The highest BCUT2D eigenvalue weighted by atomic mass is 32.2. The van der Waals surface area contributed by atoms with Crippen LogP contribution in [0.25, 0.3) is 0 Å². The molecule has 1 heterocycles. The first kappa shape index (κ1) is 16.9. The molecular formula is C15H26N2O2S2. The van der Waals surface area contributed by atoms with E-state index in [0.717, 1.165) is 30.8 Å². The van der Waals surface area contributed by atoms with E-state index in [1.165, 1.54) is 30.6 Å². The van der Waals surface area contributed by atoms with Crippen molar-refractivity contribution in [3.8, 4) is 0 Å². The smallest absolute Gasteiger partial charge is 0.243 e. The summed E-state index contributed by atoms with van der Waals surface area (Å²) in [6.07, 6.45) is 6.10. The predicted molar refractivity (Wildman–Crippen MR) is 88.1 cm³/mol. The highest BCUT2D eigenvalue weighted by molar-refractivity contribution is 7.89. The average Bonchev–Trinajstić information content (AvgIpc) is 2.95. The minimum absolute atomic E-state index is 0.443. The maximum absolute atomic E-state index is 12.6. The molecule has 0 radical (unpaired) electrons. The Bertz CT molecular complexity index is 534. The van der Waals surface area contributed by atoms with E-state index in [1.54, 1.807) is 22.8 Å². The molecule has 1 aliphatic rings. The van der Waals surface area contributed by atoms with Crippen LogP contribution in [0.5, 0.6) is 0 Å². The van der Waals surface area contributed by atoms with Gasteiger partial charge < -0.3 is 5.32 Å². The van der Waals surface area contributed by atoms with Gasteiger partial charge in [-0.3, -0.25) is 0 Å². The van der Waals surface area contributed by atoms with Gasteiger partial charge in [0.25, 0.3) is 0 Å². The summed E-state index contributed by atoms with van der Waals surface area (Å²) in [6.45, 7) is 4.33. The van der Waals surface area contributed by atoms with Crippen LogP contribution in [0.3, 0.4) is 0 Å². The van der Waals surface area contributed by atoms with Crippen LogP contribution in [0.15, 0.2) is 16.3 Å². The molecule has 120 valence electrons. The van der Waals surface area contributed by atoms with Gasteiger partial charge in [0.1, 0.15) is 0 Å². The summed E-state index contributed by atoms with van der Waals surface area (Å²) in [5.41, 5.74) is 0. The Labute approximate surface area is 132 Å². The second kappa shape index (κ2) is 7.72. The van der Waals surface area contributed by atoms with Gasteiger partial charge in [-0.1, -0.05) is 26.2 Å². The second-order valence-electron chi connectivity index (χ2n) is 5.82. The summed E-state index contributed by atoms with van der Waals surface area (Å²) in [5, 5.41) is 4.99. The lowest BCUT2D eigenvalue weighted by Crippen LogP contribution is -2.32. The van der Waals surface area contributed by atoms with E-state index >= 15 is 0 Å². The van der Waals surface area contributed by atoms with Crippen LogP contribution in [-0.4, -0.2) is 32.9 Å². The lowest BCUT2D eigenvalue weighted by atomic mass is 9.89. The van der Waals surface area contributed by atoms with E-state index in [4.69, 9.17) is 0 Å². The molecule has 0 amide bonds. The van der Waals surface area contributed by atoms with Crippen molar-refractivity contribution in [3.05, 3.63) is 16.3 Å². The van der Waals surface area contributed by atoms with Crippen LogP contribution in [0.1, 0.15) is 43.9 Å². The van der Waals surface area contributed by atoms with Crippen LogP contribution in [0.4, 0.5) is 0 Å². The Kier molecular flexibility index (Phi) is 6.22. The summed E-state index contributed by atoms with van der Waals surface area (Å²) in [5.74, 6) is 0.526. The number of hydrogen-bond acceptors (Lipinski definition) is 4. The standard InChI is InChI=1S/C15H26N2O2S2/c1-3-16-10-14-9-15(12-20-14)21(18,19)17(2)11-13-7-5-4-6-8-13/h9,12-13,16H,3-8,10-11H2,1-2H3. The zero-order valence-corrected chi connectivity index (χ0v) is 14.6. The summed E-state index contributed by atoms with van der Waals surface area (Å²) >= 11 is 1.51. The van der Waals surface area contributed by atoms with Gasteiger partial charge in [0.05, 0.1) is 4.90 Å². The first-order valence-corrected chi connectivity index (χ1v) is 10.1. The van der Waals surface area contributed by atoms with Crippen molar-refractivity contribution in [3.63, 3.8) is 0 Å². The molecule has 21 heavy (non-hydrogen) atoms. The molecule has 1 N–H and O–H groups in total. The van der Waals surface area contributed by atoms with Gasteiger partial charge in [-0.15, -0.1) is 11.3 Å². The molecule has 6 heteroatoms. The van der Waals surface area contributed by atoms with Crippen LogP contribution < -0.4 is 5.32 Å². The first-order chi connectivity index (χ1) is 10.0. The minimum Gasteiger partial charge on any atom is -0.312 e. The molecule has 1 aromatic heterocycles. The highest BCUT2D eigenvalue weighted by Gasteiger charge is 2.25. The van der Waals surface area contributed by atoms with E-state index in [1.807, 2.05) is 6.92 Å². The van der Waals surface area contributed by atoms with Gasteiger partial charge in [-0.25, -0.2) is 12.7 Å². The molecule has 0 unspecified atom stereocenters. The number of thiophene rings is 1. The summed E-state index contributed by atoms with van der Waals surface area (Å²) in [4.78, 5) is 1.51. The Morgan fingerprint density at radius 1 is 1.33 bits per heavy atom. The molecule has 4 nitrogen and oxygen atoms in total. The molecule has 1 saturated carbocycles. The highest BCUT2D eigenvalue weighted by Crippen LogP contribution is 2.27. The maximum atomic E-state index is 12.6. The number of rotatable bonds is 7. The molecule has 0 atom stereocenters. The molecule has 0 aromatic carbocycles. The van der Waals surface area contributed by atoms with Crippen molar-refractivity contribution < 1.29 is 8.42 Å². The summed E-state index contributed by atoms with van der Waals surface area (Å²) < 4.78 is 26.8. The lowest BCUT2D eigenvalue weighted by Gasteiger charge is -2.26. The quantitative estimate of drug-likeness (QED) is 0.836. The van der Waals surface area contributed by atoms with Gasteiger partial charge in [0.15, 0.2) is 0 Å². The Hall–Kier alpha value is -0.430. The van der Waals surface area contributed by atoms with Gasteiger partial charge in [0.2, 0.25) is 10.0 Å². The van der Waals surface area contributed by atoms with E-state index in [9.17, 15) is 8.42 Å². The molecule has 0 spiro atoms. The molecular weight excluding hydrogens is 304 g/mol. The molecule has 1 fully saturated rings. The zero-order chi connectivity index (χ0) is 15.3. The maximum Gasteiger partial charge on any atom is 0.243 e. The first-order valence-electron chi connectivity index (χ1n) is 7.78. The van der Waals surface area contributed by atoms with Crippen molar-refractivity contribution in [2.24, 2.45) is 5.92 Å². The van der Waals surface area contributed by atoms with Crippen molar-refractivity contribution in [1.82, 2.24) is 9.62 Å². The molecule has 0 bridgehead atoms. The lowest BCUT2D eigenvalue weighted by molar-refractivity contribution is 0.300. The Morgan fingerprint density at radius 3 is 2.71 bits per heavy atom. The van der Waals surface area contributed by atoms with Gasteiger partial charge >= 0.3 is 0 Å². The van der Waals surface area contributed by atoms with Gasteiger partial charge in [-0.05, 0) is 31.4 Å². The Morgan fingerprint density at radius 2 is 2.05 bits per heavy atom. The summed E-state index contributed by atoms with van der Waals surface area (Å²) in [7, 11) is -1.61. The number of sulfonamides is 1. The Balaban J connectivity index is 2.00. The fourth-order valence-corrected chi connectivity index (χ4v) is 5.33. The van der Waals surface area contributed by atoms with E-state index in [0.29, 0.717) is 17.4 Å². The second-order valence-corrected chi connectivity index (χ2v) is 8.86. The number of nitrogens with zero attached hydrogens (tertiary/aromatic N) is 1. The fourth-order valence-electron chi connectivity index (χ4n) is 2.85. The average molecular weight is 331 g/mol. The molecule has 0 saturated heterocycles. The van der Waals surface area contributed by atoms with Crippen LogP contribution >= 0.6 is 11.3 Å². The fraction of sp³-hybridized carbons (Fsp3) is 0.733. The molecule has 0 aliphatic heterocycles. The van der Waals surface area contributed by atoms with Crippen LogP contribution in [-0.2, 0) is 16.6 Å². The van der Waals surface area contributed by atoms with E-state index < -0.39 is 10.0 Å². The third-order valence-corrected chi connectivity index (χ3v) is 7.01. The molecule has 1 aromatic rings. The third kappa shape index (κ3) is 4.52. The minimum atomic E-state index is -3.33. The van der Waals surface area contributed by atoms with Crippen molar-refractivity contribution >= 4 is 21.4 Å². The number of nitrogens with one attached hydrogen (secondary N) is 1. The predicted octanol–water partition coefficient (Wildman–Crippen LogP) is 3.06. The van der Waals surface area contributed by atoms with Crippen molar-refractivity contribution in [1.29, 1.82) is 0 Å². The SMILES string of the molecule is CCNCc1cc(S(=O)(=O)N(C)CC2CCCCC2)cs1. The summed E-state index contributed by atoms with van der Waals surface area (Å²) in [6, 6.07) is 1.81. The van der Waals surface area contributed by atoms with Crippen LogP contribution in [0.2, 0.25) is 0 Å². The van der Waals surface area contributed by atoms with E-state index in [-0.39, 0.29) is 0 Å². The van der Waals surface area contributed by atoms with Crippen LogP contribution in [0, 0.1) is 5.92 Å².